The van der Waals surface area contributed by atoms with Crippen molar-refractivity contribution in [2.24, 2.45) is 0 Å². The molecule has 0 atom stereocenters. The number of aromatic nitrogens is 2. The Morgan fingerprint density at radius 3 is 2.48 bits per heavy atom. The first-order valence-electron chi connectivity index (χ1n) is 9.27. The maximum atomic E-state index is 12.4. The molecule has 1 amide bonds. The fourth-order valence-electron chi connectivity index (χ4n) is 3.06. The largest absolute Gasteiger partial charge is 0.497 e. The number of thioether (sulfide) groups is 1. The van der Waals surface area contributed by atoms with Crippen molar-refractivity contribution >= 4 is 23.4 Å². The quantitative estimate of drug-likeness (QED) is 0.552. The molecule has 3 rings (SSSR count). The third-order valence-corrected chi connectivity index (χ3v) is 5.29. The molecule has 0 radical (unpaired) electrons. The lowest BCUT2D eigenvalue weighted by Gasteiger charge is -2.09. The molecule has 1 heterocycles. The van der Waals surface area contributed by atoms with Gasteiger partial charge in [0.05, 0.1) is 25.2 Å². The van der Waals surface area contributed by atoms with Crippen molar-refractivity contribution in [2.45, 2.75) is 32.2 Å². The molecule has 2 aromatic carbocycles. The predicted molar refractivity (Wildman–Crippen MR) is 116 cm³/mol. The normalized spacial score (nSPS) is 10.8. The monoisotopic (exact) mass is 411 g/mol. The van der Waals surface area contributed by atoms with E-state index in [2.05, 4.69) is 16.4 Å². The van der Waals surface area contributed by atoms with Crippen molar-refractivity contribution < 1.29 is 14.6 Å². The lowest BCUT2D eigenvalue weighted by Crippen LogP contribution is -2.15. The molecule has 1 aromatic heterocycles. The Morgan fingerprint density at radius 1 is 1.17 bits per heavy atom. The van der Waals surface area contributed by atoms with Gasteiger partial charge in [-0.05, 0) is 54.8 Å². The van der Waals surface area contributed by atoms with E-state index < -0.39 is 0 Å². The highest BCUT2D eigenvalue weighted by atomic mass is 32.2. The number of aryl methyl sites for hydroxylation is 2. The van der Waals surface area contributed by atoms with Crippen molar-refractivity contribution in [2.75, 3.05) is 18.2 Å². The third kappa shape index (κ3) is 5.85. The first-order chi connectivity index (χ1) is 14.0. The zero-order chi connectivity index (χ0) is 20.8. The smallest absolute Gasteiger partial charge is 0.234 e. The summed E-state index contributed by atoms with van der Waals surface area (Å²) in [5.41, 5.74) is 4.67. The van der Waals surface area contributed by atoms with Gasteiger partial charge in [-0.2, -0.15) is 0 Å². The second-order valence-electron chi connectivity index (χ2n) is 6.86. The molecule has 0 fully saturated rings. The van der Waals surface area contributed by atoms with E-state index in [4.69, 9.17) is 4.74 Å². The van der Waals surface area contributed by atoms with Gasteiger partial charge in [0, 0.05) is 18.4 Å². The number of anilines is 1. The minimum absolute atomic E-state index is 0.0930. The fraction of sp³-hybridized carbons (Fsp3) is 0.273. The van der Waals surface area contributed by atoms with Gasteiger partial charge in [-0.15, -0.1) is 0 Å². The van der Waals surface area contributed by atoms with Crippen LogP contribution < -0.4 is 10.1 Å². The lowest BCUT2D eigenvalue weighted by atomic mass is 10.1. The van der Waals surface area contributed by atoms with Crippen LogP contribution in [-0.4, -0.2) is 33.4 Å². The standard InChI is InChI=1S/C22H25N3O3S/c1-15-8-16(2)10-18(9-15)23-21(27)14-29-22-24-19(13-26)12-25(22)11-17-4-6-20(28-3)7-5-17/h4-10,12,26H,11,13-14H2,1-3H3,(H,23,27). The number of nitrogens with zero attached hydrogens (tertiary/aromatic N) is 2. The summed E-state index contributed by atoms with van der Waals surface area (Å²) in [5, 5.41) is 13.1. The molecule has 3 aromatic rings. The van der Waals surface area contributed by atoms with E-state index >= 15 is 0 Å². The van der Waals surface area contributed by atoms with Crippen molar-refractivity contribution in [3.8, 4) is 5.75 Å². The molecule has 152 valence electrons. The maximum absolute atomic E-state index is 12.4. The van der Waals surface area contributed by atoms with Crippen LogP contribution in [0.2, 0.25) is 0 Å². The van der Waals surface area contributed by atoms with E-state index in [1.54, 1.807) is 7.11 Å². The van der Waals surface area contributed by atoms with Crippen molar-refractivity contribution in [3.63, 3.8) is 0 Å². The number of hydrogen-bond donors (Lipinski definition) is 2. The summed E-state index contributed by atoms with van der Waals surface area (Å²) in [7, 11) is 1.64. The summed E-state index contributed by atoms with van der Waals surface area (Å²) in [5.74, 6) is 0.940. The molecule has 7 heteroatoms. The van der Waals surface area contributed by atoms with Crippen LogP contribution in [0.5, 0.6) is 5.75 Å². The van der Waals surface area contributed by atoms with Gasteiger partial charge in [-0.25, -0.2) is 4.98 Å². The van der Waals surface area contributed by atoms with Gasteiger partial charge in [0.1, 0.15) is 5.75 Å². The van der Waals surface area contributed by atoms with Crippen LogP contribution in [0.4, 0.5) is 5.69 Å². The lowest BCUT2D eigenvalue weighted by molar-refractivity contribution is -0.113. The molecule has 0 saturated carbocycles. The molecule has 2 N–H and O–H groups in total. The van der Waals surface area contributed by atoms with Gasteiger partial charge in [-0.3, -0.25) is 4.79 Å². The summed E-state index contributed by atoms with van der Waals surface area (Å²) in [6.45, 7) is 4.46. The Hall–Kier alpha value is -2.77. The number of methoxy groups -OCH3 is 1. The SMILES string of the molecule is COc1ccc(Cn2cc(CO)nc2SCC(=O)Nc2cc(C)cc(C)c2)cc1. The van der Waals surface area contributed by atoms with Gasteiger partial charge < -0.3 is 19.7 Å². The van der Waals surface area contributed by atoms with Crippen LogP contribution in [-0.2, 0) is 17.9 Å². The number of rotatable bonds is 8. The molecule has 0 saturated heterocycles. The number of hydrogen-bond acceptors (Lipinski definition) is 5. The number of amides is 1. The zero-order valence-electron chi connectivity index (χ0n) is 16.8. The van der Waals surface area contributed by atoms with Crippen LogP contribution in [0.25, 0.3) is 0 Å². The third-order valence-electron chi connectivity index (χ3n) is 4.30. The summed E-state index contributed by atoms with van der Waals surface area (Å²) in [6.07, 6.45) is 1.81. The second-order valence-corrected chi connectivity index (χ2v) is 7.80. The predicted octanol–water partition coefficient (Wildman–Crippen LogP) is 3.78. The van der Waals surface area contributed by atoms with Crippen LogP contribution >= 0.6 is 11.8 Å². The first-order valence-corrected chi connectivity index (χ1v) is 10.3. The summed E-state index contributed by atoms with van der Waals surface area (Å²) in [6, 6.07) is 13.7. The number of nitrogens with one attached hydrogen (secondary N) is 1. The van der Waals surface area contributed by atoms with Crippen LogP contribution in [0.15, 0.2) is 53.8 Å². The Labute approximate surface area is 174 Å². The summed E-state index contributed by atoms with van der Waals surface area (Å²) in [4.78, 5) is 16.8. The number of aliphatic hydroxyl groups is 1. The topological polar surface area (TPSA) is 76.4 Å². The van der Waals surface area contributed by atoms with E-state index in [1.807, 2.05) is 61.0 Å². The van der Waals surface area contributed by atoms with E-state index in [9.17, 15) is 9.90 Å². The molecule has 0 aliphatic carbocycles. The molecule has 0 aliphatic heterocycles. The molecular weight excluding hydrogens is 386 g/mol. The highest BCUT2D eigenvalue weighted by Crippen LogP contribution is 2.21. The number of benzene rings is 2. The van der Waals surface area contributed by atoms with Crippen molar-refractivity contribution in [1.82, 2.24) is 9.55 Å². The Kier molecular flexibility index (Phi) is 6.95. The van der Waals surface area contributed by atoms with Crippen LogP contribution in [0, 0.1) is 13.8 Å². The number of carbonyl (C=O) groups is 1. The number of aliphatic hydroxyl groups excluding tert-OH is 1. The van der Waals surface area contributed by atoms with Crippen LogP contribution in [0.3, 0.4) is 0 Å². The summed E-state index contributed by atoms with van der Waals surface area (Å²) >= 11 is 1.35. The fourth-order valence-corrected chi connectivity index (χ4v) is 3.85. The number of ether oxygens (including phenoxy) is 1. The molecule has 0 aliphatic rings. The molecule has 6 nitrogen and oxygen atoms in total. The summed E-state index contributed by atoms with van der Waals surface area (Å²) < 4.78 is 7.14. The van der Waals surface area contributed by atoms with Gasteiger partial charge >= 0.3 is 0 Å². The van der Waals surface area contributed by atoms with Gasteiger partial charge in [0.2, 0.25) is 5.91 Å². The Balaban J connectivity index is 1.66. The maximum Gasteiger partial charge on any atom is 0.234 e. The van der Waals surface area contributed by atoms with Gasteiger partial charge in [-0.1, -0.05) is 30.0 Å². The first kappa shape index (κ1) is 21.0. The molecule has 0 unspecified atom stereocenters. The molecule has 0 spiro atoms. The number of carbonyl (C=O) groups excluding carboxylic acids is 1. The van der Waals surface area contributed by atoms with Gasteiger partial charge in [0.25, 0.3) is 0 Å². The van der Waals surface area contributed by atoms with Crippen LogP contribution in [0.1, 0.15) is 22.4 Å². The van der Waals surface area contributed by atoms with Crippen molar-refractivity contribution in [3.05, 3.63) is 71.0 Å². The zero-order valence-corrected chi connectivity index (χ0v) is 17.6. The Bertz CT molecular complexity index is 963. The highest BCUT2D eigenvalue weighted by Gasteiger charge is 2.12. The molecule has 29 heavy (non-hydrogen) atoms. The minimum Gasteiger partial charge on any atom is -0.497 e. The van der Waals surface area contributed by atoms with E-state index in [0.29, 0.717) is 17.4 Å². The van der Waals surface area contributed by atoms with E-state index in [0.717, 1.165) is 28.1 Å². The highest BCUT2D eigenvalue weighted by molar-refractivity contribution is 7.99. The Morgan fingerprint density at radius 2 is 1.86 bits per heavy atom. The second kappa shape index (κ2) is 9.62. The molecule has 0 bridgehead atoms. The minimum atomic E-state index is -0.141. The van der Waals surface area contributed by atoms with E-state index in [-0.39, 0.29) is 18.3 Å². The number of imidazole rings is 1. The van der Waals surface area contributed by atoms with Gasteiger partial charge in [0.15, 0.2) is 5.16 Å². The average Bonchev–Trinajstić information content (AvgIpc) is 3.08. The van der Waals surface area contributed by atoms with E-state index in [1.165, 1.54) is 11.8 Å². The average molecular weight is 412 g/mol. The van der Waals surface area contributed by atoms with Crippen molar-refractivity contribution in [1.29, 1.82) is 0 Å². The molecular formula is C22H25N3O3S.